The summed E-state index contributed by atoms with van der Waals surface area (Å²) in [5.74, 6) is -0.0869. The summed E-state index contributed by atoms with van der Waals surface area (Å²) in [5, 5.41) is 0.776. The molecule has 34 heavy (non-hydrogen) atoms. The number of aromatic amines is 1. The Bertz CT molecular complexity index is 1400. The molecule has 0 fully saturated rings. The molecule has 1 aliphatic heterocycles. The number of anilines is 1. The van der Waals surface area contributed by atoms with E-state index in [0.717, 1.165) is 27.4 Å². The molecular weight excluding hydrogens is 454 g/mol. The minimum Gasteiger partial charge on any atom is -0.490 e. The fourth-order valence-electron chi connectivity index (χ4n) is 4.09. The Hall–Kier alpha value is -3.33. The second kappa shape index (κ2) is 9.50. The molecule has 2 aromatic carbocycles. The number of benzene rings is 2. The van der Waals surface area contributed by atoms with Crippen molar-refractivity contribution in [3.05, 3.63) is 63.9 Å². The van der Waals surface area contributed by atoms with Gasteiger partial charge in [-0.2, -0.15) is 0 Å². The number of pyridine rings is 1. The zero-order chi connectivity index (χ0) is 24.5. The Balaban J connectivity index is 1.76. The monoisotopic (exact) mass is 483 g/mol. The van der Waals surface area contributed by atoms with Gasteiger partial charge in [0.1, 0.15) is 12.4 Å². The van der Waals surface area contributed by atoms with Crippen LogP contribution in [0.2, 0.25) is 0 Å². The number of likely N-dealkylation sites (N-methyl/N-ethyl adjacent to an activating group) is 1. The number of H-pyrrole nitrogens is 1. The van der Waals surface area contributed by atoms with Crippen molar-refractivity contribution >= 4 is 32.5 Å². The lowest BCUT2D eigenvalue weighted by Gasteiger charge is -2.28. The summed E-state index contributed by atoms with van der Waals surface area (Å²) in [4.78, 5) is 30.7. The molecule has 8 nitrogen and oxygen atoms in total. The predicted molar refractivity (Wildman–Crippen MR) is 132 cm³/mol. The van der Waals surface area contributed by atoms with Crippen LogP contribution in [-0.2, 0) is 21.4 Å². The number of rotatable bonds is 7. The second-order valence-electron chi connectivity index (χ2n) is 8.57. The van der Waals surface area contributed by atoms with E-state index in [4.69, 9.17) is 4.74 Å². The molecule has 9 heteroatoms. The fraction of sp³-hybridized carbons (Fsp3) is 0.360. The summed E-state index contributed by atoms with van der Waals surface area (Å²) in [6, 6.07) is 11.9. The van der Waals surface area contributed by atoms with E-state index in [1.165, 1.54) is 12.1 Å². The molecule has 0 saturated heterocycles. The molecule has 0 bridgehead atoms. The average Bonchev–Trinajstić information content (AvgIpc) is 2.81. The van der Waals surface area contributed by atoms with Crippen LogP contribution in [0.4, 0.5) is 5.69 Å². The van der Waals surface area contributed by atoms with Gasteiger partial charge in [0.2, 0.25) is 5.91 Å². The normalized spacial score (nSPS) is 13.4. The molecule has 0 spiro atoms. The van der Waals surface area contributed by atoms with Gasteiger partial charge in [-0.15, -0.1) is 0 Å². The average molecular weight is 484 g/mol. The van der Waals surface area contributed by atoms with Crippen LogP contribution in [0.25, 0.3) is 10.9 Å². The highest BCUT2D eigenvalue weighted by Crippen LogP contribution is 2.34. The molecule has 4 rings (SSSR count). The van der Waals surface area contributed by atoms with E-state index in [0.29, 0.717) is 30.8 Å². The van der Waals surface area contributed by atoms with Crippen LogP contribution in [0.1, 0.15) is 37.3 Å². The van der Waals surface area contributed by atoms with Gasteiger partial charge >= 0.3 is 0 Å². The Morgan fingerprint density at radius 2 is 2.00 bits per heavy atom. The number of unbranched alkanes of at least 4 members (excludes halogenated alkanes) is 1. The quantitative estimate of drug-likeness (QED) is 0.552. The third kappa shape index (κ3) is 4.52. The summed E-state index contributed by atoms with van der Waals surface area (Å²) in [7, 11) is -2.32. The van der Waals surface area contributed by atoms with E-state index in [-0.39, 0.29) is 23.4 Å². The Morgan fingerprint density at radius 1 is 1.21 bits per heavy atom. The van der Waals surface area contributed by atoms with E-state index in [1.54, 1.807) is 12.1 Å². The molecule has 0 unspecified atom stereocenters. The number of aromatic nitrogens is 1. The first-order valence-electron chi connectivity index (χ1n) is 11.4. The summed E-state index contributed by atoms with van der Waals surface area (Å²) in [5.41, 5.74) is 2.18. The maximum absolute atomic E-state index is 13.7. The van der Waals surface area contributed by atoms with Crippen molar-refractivity contribution in [2.45, 2.75) is 44.6 Å². The number of fused-ring (bicyclic) bond motifs is 2. The van der Waals surface area contributed by atoms with E-state index >= 15 is 0 Å². The number of amides is 1. The number of para-hydroxylation sites is 1. The van der Waals surface area contributed by atoms with Gasteiger partial charge in [-0.25, -0.2) is 12.7 Å². The Labute approximate surface area is 199 Å². The molecule has 0 radical (unpaired) electrons. The number of sulfonamides is 1. The molecule has 0 aliphatic carbocycles. The van der Waals surface area contributed by atoms with Crippen LogP contribution >= 0.6 is 0 Å². The largest absolute Gasteiger partial charge is 0.490 e. The fourth-order valence-corrected chi connectivity index (χ4v) is 5.51. The molecule has 1 N–H and O–H groups in total. The van der Waals surface area contributed by atoms with Gasteiger partial charge in [-0.05, 0) is 42.5 Å². The van der Waals surface area contributed by atoms with Crippen molar-refractivity contribution in [3.8, 4) is 5.75 Å². The van der Waals surface area contributed by atoms with Gasteiger partial charge < -0.3 is 14.6 Å². The number of carbonyl (C=O) groups excluding carboxylic acids is 1. The number of nitrogens with zero attached hydrogens (tertiary/aromatic N) is 2. The molecule has 180 valence electrons. The van der Waals surface area contributed by atoms with Crippen LogP contribution in [0.3, 0.4) is 0 Å². The first-order valence-corrected chi connectivity index (χ1v) is 12.8. The van der Waals surface area contributed by atoms with Crippen molar-refractivity contribution in [3.63, 3.8) is 0 Å². The number of aryl methyl sites for hydroxylation is 1. The standard InChI is InChI=1S/C25H29N3O5S/c1-4-5-9-23(29)28(16-19-14-18-8-6-7-17(2)24(18)26-25(19)30)34(31,32)20-10-11-21-22(15-20)33-13-12-27(21)3/h6-8,10-11,14-15H,4-5,9,12-13,16H2,1-3H3,(H,26,30). The molecular formula is C25H29N3O5S. The van der Waals surface area contributed by atoms with Gasteiger partial charge in [0.05, 0.1) is 29.2 Å². The summed E-state index contributed by atoms with van der Waals surface area (Å²) in [6.07, 6.45) is 1.37. The molecule has 1 amide bonds. The molecule has 1 aliphatic rings. The van der Waals surface area contributed by atoms with Crippen molar-refractivity contribution < 1.29 is 17.9 Å². The molecule has 3 aromatic rings. The van der Waals surface area contributed by atoms with Crippen LogP contribution in [0, 0.1) is 6.92 Å². The minimum absolute atomic E-state index is 0.0422. The van der Waals surface area contributed by atoms with E-state index in [1.807, 2.05) is 44.0 Å². The molecule has 0 atom stereocenters. The minimum atomic E-state index is -4.23. The third-order valence-corrected chi connectivity index (χ3v) is 7.88. The number of ether oxygens (including phenoxy) is 1. The SMILES string of the molecule is CCCCC(=O)N(Cc1cc2cccc(C)c2[nH]c1=O)S(=O)(=O)c1ccc2c(c1)OCCN2C. The first kappa shape index (κ1) is 23.8. The van der Waals surface area contributed by atoms with Crippen LogP contribution in [-0.4, -0.2) is 43.8 Å². The van der Waals surface area contributed by atoms with Gasteiger partial charge in [-0.3, -0.25) is 9.59 Å². The highest BCUT2D eigenvalue weighted by atomic mass is 32.2. The maximum Gasteiger partial charge on any atom is 0.266 e. The zero-order valence-corrected chi connectivity index (χ0v) is 20.4. The molecule has 0 saturated carbocycles. The lowest BCUT2D eigenvalue weighted by atomic mass is 10.1. The van der Waals surface area contributed by atoms with Crippen LogP contribution < -0.4 is 15.2 Å². The van der Waals surface area contributed by atoms with E-state index < -0.39 is 21.5 Å². The van der Waals surface area contributed by atoms with Crippen LogP contribution in [0.15, 0.2) is 52.2 Å². The molecule has 1 aromatic heterocycles. The highest BCUT2D eigenvalue weighted by Gasteiger charge is 2.31. The summed E-state index contributed by atoms with van der Waals surface area (Å²) < 4.78 is 33.8. The topological polar surface area (TPSA) is 99.8 Å². The lowest BCUT2D eigenvalue weighted by Crippen LogP contribution is -2.38. The zero-order valence-electron chi connectivity index (χ0n) is 19.6. The predicted octanol–water partition coefficient (Wildman–Crippen LogP) is 3.57. The van der Waals surface area contributed by atoms with Gasteiger partial charge in [0, 0.05) is 25.1 Å². The number of hydrogen-bond donors (Lipinski definition) is 1. The first-order chi connectivity index (χ1) is 16.2. The number of nitrogens with one attached hydrogen (secondary N) is 1. The maximum atomic E-state index is 13.7. The van der Waals surface area contributed by atoms with Crippen molar-refractivity contribution in [2.75, 3.05) is 25.1 Å². The van der Waals surface area contributed by atoms with Gasteiger partial charge in [0.25, 0.3) is 15.6 Å². The number of hydrogen-bond acceptors (Lipinski definition) is 6. The van der Waals surface area contributed by atoms with Crippen molar-refractivity contribution in [1.29, 1.82) is 0 Å². The van der Waals surface area contributed by atoms with E-state index in [2.05, 4.69) is 4.98 Å². The van der Waals surface area contributed by atoms with Gasteiger partial charge in [0.15, 0.2) is 0 Å². The van der Waals surface area contributed by atoms with Crippen molar-refractivity contribution in [1.82, 2.24) is 9.29 Å². The lowest BCUT2D eigenvalue weighted by molar-refractivity contribution is -0.127. The number of carbonyl (C=O) groups is 1. The Morgan fingerprint density at radius 3 is 2.76 bits per heavy atom. The van der Waals surface area contributed by atoms with Gasteiger partial charge in [-0.1, -0.05) is 31.5 Å². The Kier molecular flexibility index (Phi) is 6.65. The summed E-state index contributed by atoms with van der Waals surface area (Å²) in [6.45, 7) is 4.61. The van der Waals surface area contributed by atoms with E-state index in [9.17, 15) is 18.0 Å². The highest BCUT2D eigenvalue weighted by molar-refractivity contribution is 7.89. The third-order valence-electron chi connectivity index (χ3n) is 6.12. The smallest absolute Gasteiger partial charge is 0.266 e. The second-order valence-corrected chi connectivity index (χ2v) is 10.4. The van der Waals surface area contributed by atoms with Crippen LogP contribution in [0.5, 0.6) is 5.75 Å². The molecule has 2 heterocycles. The van der Waals surface area contributed by atoms with Crippen molar-refractivity contribution in [2.24, 2.45) is 0 Å². The summed E-state index contributed by atoms with van der Waals surface area (Å²) >= 11 is 0.